The van der Waals surface area contributed by atoms with Crippen LogP contribution in [0.25, 0.3) is 5.65 Å². The maximum atomic E-state index is 13.3. The van der Waals surface area contributed by atoms with Crippen LogP contribution in [0.3, 0.4) is 0 Å². The van der Waals surface area contributed by atoms with Crippen LogP contribution in [0.4, 0.5) is 23.2 Å². The van der Waals surface area contributed by atoms with E-state index in [0.29, 0.717) is 36.0 Å². The van der Waals surface area contributed by atoms with Crippen LogP contribution < -0.4 is 5.32 Å². The van der Waals surface area contributed by atoms with Gasteiger partial charge in [-0.1, -0.05) is 12.1 Å². The van der Waals surface area contributed by atoms with Crippen molar-refractivity contribution in [2.75, 3.05) is 31.6 Å². The molecule has 4 rings (SSSR count). The predicted octanol–water partition coefficient (Wildman–Crippen LogP) is 3.69. The van der Waals surface area contributed by atoms with Crippen LogP contribution in [-0.4, -0.2) is 51.7 Å². The molecule has 1 fully saturated rings. The normalized spacial score (nSPS) is 15.2. The molecule has 31 heavy (non-hydrogen) atoms. The number of halogens is 4. The third kappa shape index (κ3) is 4.83. The SMILES string of the molecule is O=C(Nc1cccc(CN2CCOCC2)c1)c1cc2nc(C(F)F)cc(C(F)F)n2n1. The molecule has 0 atom stereocenters. The lowest BCUT2D eigenvalue weighted by Crippen LogP contribution is -2.35. The number of rotatable bonds is 6. The van der Waals surface area contributed by atoms with Gasteiger partial charge in [0, 0.05) is 31.4 Å². The minimum absolute atomic E-state index is 0.209. The Bertz CT molecular complexity index is 1080. The van der Waals surface area contributed by atoms with Gasteiger partial charge in [-0.2, -0.15) is 5.10 Å². The molecule has 1 saturated heterocycles. The standard InChI is InChI=1S/C20H19F4N5O2/c21-18(22)14-9-16(19(23)24)29-17(26-14)10-15(27-29)20(30)25-13-3-1-2-12(8-13)11-28-4-6-31-7-5-28/h1-3,8-10,18-19H,4-7,11H2,(H,25,30). The maximum absolute atomic E-state index is 13.3. The molecule has 1 amide bonds. The molecular formula is C20H19F4N5O2. The van der Waals surface area contributed by atoms with Gasteiger partial charge in [0.15, 0.2) is 11.3 Å². The summed E-state index contributed by atoms with van der Waals surface area (Å²) in [4.78, 5) is 18.5. The number of aromatic nitrogens is 3. The van der Waals surface area contributed by atoms with Gasteiger partial charge in [0.05, 0.1) is 13.2 Å². The average molecular weight is 437 g/mol. The summed E-state index contributed by atoms with van der Waals surface area (Å²) >= 11 is 0. The molecule has 1 N–H and O–H groups in total. The van der Waals surface area contributed by atoms with Gasteiger partial charge in [0.1, 0.15) is 11.4 Å². The number of fused-ring (bicyclic) bond motifs is 1. The topological polar surface area (TPSA) is 71.8 Å². The minimum atomic E-state index is -3.06. The van der Waals surface area contributed by atoms with E-state index in [1.165, 1.54) is 0 Å². The van der Waals surface area contributed by atoms with E-state index in [4.69, 9.17) is 4.74 Å². The van der Waals surface area contributed by atoms with E-state index in [2.05, 4.69) is 20.3 Å². The minimum Gasteiger partial charge on any atom is -0.379 e. The molecule has 0 bridgehead atoms. The van der Waals surface area contributed by atoms with E-state index in [0.717, 1.165) is 24.7 Å². The highest BCUT2D eigenvalue weighted by Gasteiger charge is 2.22. The number of morpholine rings is 1. The lowest BCUT2D eigenvalue weighted by molar-refractivity contribution is 0.0342. The van der Waals surface area contributed by atoms with Crippen molar-refractivity contribution in [3.05, 3.63) is 59.0 Å². The van der Waals surface area contributed by atoms with E-state index >= 15 is 0 Å². The lowest BCUT2D eigenvalue weighted by Gasteiger charge is -2.26. The molecule has 3 aromatic rings. The molecule has 7 nitrogen and oxygen atoms in total. The molecule has 1 aliphatic rings. The van der Waals surface area contributed by atoms with Gasteiger partial charge in [-0.25, -0.2) is 27.1 Å². The Morgan fingerprint density at radius 1 is 1.10 bits per heavy atom. The van der Waals surface area contributed by atoms with Crippen LogP contribution in [-0.2, 0) is 11.3 Å². The number of anilines is 1. The molecule has 164 valence electrons. The summed E-state index contributed by atoms with van der Waals surface area (Å²) in [6.07, 6.45) is -6.08. The molecule has 0 aliphatic carbocycles. The number of carbonyl (C=O) groups is 1. The Morgan fingerprint density at radius 2 is 1.87 bits per heavy atom. The summed E-state index contributed by atoms with van der Waals surface area (Å²) in [6.45, 7) is 3.67. The predicted molar refractivity (Wildman–Crippen MR) is 103 cm³/mol. The Hall–Kier alpha value is -3.05. The molecule has 0 radical (unpaired) electrons. The Labute approximate surface area is 174 Å². The number of benzene rings is 1. The van der Waals surface area contributed by atoms with E-state index in [9.17, 15) is 22.4 Å². The quantitative estimate of drug-likeness (QED) is 0.596. The molecule has 1 aromatic carbocycles. The summed E-state index contributed by atoms with van der Waals surface area (Å²) in [5, 5.41) is 6.50. The van der Waals surface area contributed by atoms with E-state index < -0.39 is 30.1 Å². The average Bonchev–Trinajstić information content (AvgIpc) is 3.18. The molecule has 2 aromatic heterocycles. The van der Waals surface area contributed by atoms with Gasteiger partial charge in [-0.05, 0) is 23.8 Å². The Balaban J connectivity index is 1.54. The number of nitrogens with one attached hydrogen (secondary N) is 1. The molecule has 0 saturated carbocycles. The summed E-state index contributed by atoms with van der Waals surface area (Å²) in [6, 6.07) is 8.91. The Morgan fingerprint density at radius 3 is 2.58 bits per heavy atom. The van der Waals surface area contributed by atoms with Crippen molar-refractivity contribution in [2.45, 2.75) is 19.4 Å². The first-order valence-electron chi connectivity index (χ1n) is 9.58. The second-order valence-corrected chi connectivity index (χ2v) is 7.05. The molecule has 0 spiro atoms. The molecular weight excluding hydrogens is 418 g/mol. The first-order chi connectivity index (χ1) is 14.9. The Kier molecular flexibility index (Phi) is 6.14. The number of hydrogen-bond donors (Lipinski definition) is 1. The fourth-order valence-electron chi connectivity index (χ4n) is 3.36. The summed E-state index contributed by atoms with van der Waals surface area (Å²) in [7, 11) is 0. The van der Waals surface area contributed by atoms with Crippen LogP contribution in [0.1, 0.15) is 40.3 Å². The largest absolute Gasteiger partial charge is 0.379 e. The fraction of sp³-hybridized carbons (Fsp3) is 0.350. The van der Waals surface area contributed by atoms with Gasteiger partial charge >= 0.3 is 0 Å². The van der Waals surface area contributed by atoms with Gasteiger partial charge in [-0.15, -0.1) is 0 Å². The number of ether oxygens (including phenoxy) is 1. The zero-order valence-electron chi connectivity index (χ0n) is 16.3. The summed E-state index contributed by atoms with van der Waals surface area (Å²) < 4.78 is 58.6. The zero-order valence-corrected chi connectivity index (χ0v) is 16.3. The van der Waals surface area contributed by atoms with Crippen LogP contribution in [0.15, 0.2) is 36.4 Å². The van der Waals surface area contributed by atoms with Gasteiger partial charge in [0.2, 0.25) is 0 Å². The smallest absolute Gasteiger partial charge is 0.280 e. The third-order valence-electron chi connectivity index (χ3n) is 4.85. The third-order valence-corrected chi connectivity index (χ3v) is 4.85. The van der Waals surface area contributed by atoms with E-state index in [1.54, 1.807) is 18.2 Å². The number of alkyl halides is 4. The highest BCUT2D eigenvalue weighted by Crippen LogP contribution is 2.25. The van der Waals surface area contributed by atoms with Gasteiger partial charge in [-0.3, -0.25) is 9.69 Å². The molecule has 0 unspecified atom stereocenters. The van der Waals surface area contributed by atoms with Crippen molar-refractivity contribution in [3.8, 4) is 0 Å². The van der Waals surface area contributed by atoms with Crippen molar-refractivity contribution in [1.82, 2.24) is 19.5 Å². The van der Waals surface area contributed by atoms with Crippen LogP contribution in [0, 0.1) is 0 Å². The number of nitrogens with zero attached hydrogens (tertiary/aromatic N) is 4. The highest BCUT2D eigenvalue weighted by atomic mass is 19.3. The monoisotopic (exact) mass is 437 g/mol. The second kappa shape index (κ2) is 8.98. The second-order valence-electron chi connectivity index (χ2n) is 7.05. The zero-order chi connectivity index (χ0) is 22.0. The van der Waals surface area contributed by atoms with Crippen molar-refractivity contribution >= 4 is 17.2 Å². The van der Waals surface area contributed by atoms with Crippen LogP contribution >= 0.6 is 0 Å². The van der Waals surface area contributed by atoms with E-state index in [1.807, 2.05) is 6.07 Å². The highest BCUT2D eigenvalue weighted by molar-refractivity contribution is 6.03. The van der Waals surface area contributed by atoms with Gasteiger partial charge < -0.3 is 10.1 Å². The van der Waals surface area contributed by atoms with Crippen molar-refractivity contribution < 1.29 is 27.1 Å². The van der Waals surface area contributed by atoms with Crippen molar-refractivity contribution in [3.63, 3.8) is 0 Å². The van der Waals surface area contributed by atoms with Gasteiger partial charge in [0.25, 0.3) is 18.8 Å². The lowest BCUT2D eigenvalue weighted by atomic mass is 10.1. The number of hydrogen-bond acceptors (Lipinski definition) is 5. The van der Waals surface area contributed by atoms with Crippen LogP contribution in [0.2, 0.25) is 0 Å². The molecule has 11 heteroatoms. The molecule has 1 aliphatic heterocycles. The number of amides is 1. The number of carbonyl (C=O) groups excluding carboxylic acids is 1. The summed E-state index contributed by atoms with van der Waals surface area (Å²) in [5.41, 5.74) is -0.530. The van der Waals surface area contributed by atoms with Crippen molar-refractivity contribution in [2.24, 2.45) is 0 Å². The summed E-state index contributed by atoms with van der Waals surface area (Å²) in [5.74, 6) is -0.659. The van der Waals surface area contributed by atoms with Crippen molar-refractivity contribution in [1.29, 1.82) is 0 Å². The first kappa shape index (κ1) is 21.2. The van der Waals surface area contributed by atoms with Crippen LogP contribution in [0.5, 0.6) is 0 Å². The fourth-order valence-corrected chi connectivity index (χ4v) is 3.36. The van der Waals surface area contributed by atoms with E-state index in [-0.39, 0.29) is 11.3 Å². The molecule has 3 heterocycles. The first-order valence-corrected chi connectivity index (χ1v) is 9.58. The maximum Gasteiger partial charge on any atom is 0.280 e.